The lowest BCUT2D eigenvalue weighted by molar-refractivity contribution is -0.192. The van der Waals surface area contributed by atoms with Crippen molar-refractivity contribution in [3.63, 3.8) is 0 Å². The predicted octanol–water partition coefficient (Wildman–Crippen LogP) is 4.35. The van der Waals surface area contributed by atoms with Gasteiger partial charge in [0, 0.05) is 32.1 Å². The van der Waals surface area contributed by atoms with Gasteiger partial charge in [0.1, 0.15) is 23.5 Å². The fraction of sp³-hybridized carbons (Fsp3) is 0.440. The summed E-state index contributed by atoms with van der Waals surface area (Å²) in [6, 6.07) is 12.1. The van der Waals surface area contributed by atoms with Gasteiger partial charge in [-0.15, -0.1) is 0 Å². The molecule has 1 aliphatic heterocycles. The number of likely N-dealkylation sites (tertiary alicyclic amines) is 1. The summed E-state index contributed by atoms with van der Waals surface area (Å²) in [4.78, 5) is 40.4. The third-order valence-electron chi connectivity index (χ3n) is 4.97. The minimum Gasteiger partial charge on any atom is -0.489 e. The van der Waals surface area contributed by atoms with Gasteiger partial charge in [-0.05, 0) is 38.5 Å². The second kappa shape index (κ2) is 12.9. The number of carboxylic acid groups (broad SMARTS) is 1. The van der Waals surface area contributed by atoms with E-state index in [-0.39, 0.29) is 12.0 Å². The lowest BCUT2D eigenvalue weighted by atomic mass is 10.0. The molecular weight excluding hydrogens is 495 g/mol. The number of nitrogens with one attached hydrogen (secondary N) is 1. The van der Waals surface area contributed by atoms with Crippen LogP contribution in [0, 0.1) is 0 Å². The summed E-state index contributed by atoms with van der Waals surface area (Å²) in [5.41, 5.74) is 0.0816. The summed E-state index contributed by atoms with van der Waals surface area (Å²) < 4.78 is 43.1. The number of carbonyl (C=O) groups excluding carboxylic acids is 2. The fourth-order valence-corrected chi connectivity index (χ4v) is 3.34. The number of carboxylic acids is 1. The molecule has 0 bridgehead atoms. The fourth-order valence-electron chi connectivity index (χ4n) is 3.34. The van der Waals surface area contributed by atoms with E-state index in [1.54, 1.807) is 38.1 Å². The highest BCUT2D eigenvalue weighted by Gasteiger charge is 2.38. The molecule has 2 N–H and O–H groups in total. The number of amides is 2. The molecule has 9 nitrogen and oxygen atoms in total. The third-order valence-corrected chi connectivity index (χ3v) is 4.97. The van der Waals surface area contributed by atoms with Crippen molar-refractivity contribution >= 4 is 18.0 Å². The maximum Gasteiger partial charge on any atom is 0.490 e. The zero-order chi connectivity index (χ0) is 27.6. The molecule has 2 amide bonds. The van der Waals surface area contributed by atoms with Crippen LogP contribution in [-0.2, 0) is 14.3 Å². The summed E-state index contributed by atoms with van der Waals surface area (Å²) in [5, 5.41) is 9.87. The van der Waals surface area contributed by atoms with Gasteiger partial charge in [0.2, 0.25) is 5.91 Å². The highest BCUT2D eigenvalue weighted by molar-refractivity contribution is 5.87. The van der Waals surface area contributed by atoms with E-state index in [1.807, 2.05) is 42.5 Å². The zero-order valence-corrected chi connectivity index (χ0v) is 20.7. The number of hydrogen-bond donors (Lipinski definition) is 2. The van der Waals surface area contributed by atoms with Gasteiger partial charge in [-0.1, -0.05) is 30.3 Å². The first-order valence-electron chi connectivity index (χ1n) is 11.5. The molecule has 202 valence electrons. The molecule has 12 heteroatoms. The SMILES string of the molecule is CC(C)(C)OC(=O)N[C@H](C(=O)N1CCC(Oc2cccnc2)CC1)c1ccccc1.O=C(O)C(F)(F)F. The van der Waals surface area contributed by atoms with Gasteiger partial charge in [0.15, 0.2) is 0 Å². The molecule has 2 aromatic rings. The van der Waals surface area contributed by atoms with E-state index >= 15 is 0 Å². The molecule has 0 radical (unpaired) electrons. The zero-order valence-electron chi connectivity index (χ0n) is 20.7. The molecule has 1 aromatic carbocycles. The lowest BCUT2D eigenvalue weighted by Gasteiger charge is -2.34. The van der Waals surface area contributed by atoms with E-state index < -0.39 is 29.9 Å². The number of halogens is 3. The van der Waals surface area contributed by atoms with Crippen LogP contribution in [0.15, 0.2) is 54.9 Å². The van der Waals surface area contributed by atoms with Crippen molar-refractivity contribution < 1.29 is 42.1 Å². The number of pyridine rings is 1. The number of alkyl halides is 3. The molecule has 0 saturated carbocycles. The van der Waals surface area contributed by atoms with Crippen LogP contribution in [0.4, 0.5) is 18.0 Å². The van der Waals surface area contributed by atoms with Gasteiger partial charge in [-0.2, -0.15) is 13.2 Å². The maximum atomic E-state index is 13.3. The average molecular weight is 526 g/mol. The Kier molecular flexibility index (Phi) is 10.3. The smallest absolute Gasteiger partial charge is 0.489 e. The van der Waals surface area contributed by atoms with Crippen LogP contribution in [0.2, 0.25) is 0 Å². The van der Waals surface area contributed by atoms with Gasteiger partial charge in [0.25, 0.3) is 0 Å². The number of carbonyl (C=O) groups is 3. The number of aliphatic carboxylic acids is 1. The Bertz CT molecular complexity index is 1020. The van der Waals surface area contributed by atoms with Crippen LogP contribution in [-0.4, -0.2) is 63.9 Å². The largest absolute Gasteiger partial charge is 0.490 e. The molecular formula is C25H30F3N3O6. The number of nitrogens with zero attached hydrogens (tertiary/aromatic N) is 2. The number of aromatic nitrogens is 1. The first-order valence-corrected chi connectivity index (χ1v) is 11.5. The van der Waals surface area contributed by atoms with Crippen molar-refractivity contribution in [2.45, 2.75) is 57.5 Å². The van der Waals surface area contributed by atoms with E-state index in [1.165, 1.54) is 0 Å². The monoisotopic (exact) mass is 525 g/mol. The normalized spacial score (nSPS) is 15.0. The Balaban J connectivity index is 0.000000604. The molecule has 0 aliphatic carbocycles. The molecule has 1 fully saturated rings. The lowest BCUT2D eigenvalue weighted by Crippen LogP contribution is -2.48. The first-order chi connectivity index (χ1) is 17.3. The Morgan fingerprint density at radius 2 is 1.65 bits per heavy atom. The topological polar surface area (TPSA) is 118 Å². The molecule has 3 rings (SSSR count). The van der Waals surface area contributed by atoms with Crippen LogP contribution in [0.1, 0.15) is 45.2 Å². The summed E-state index contributed by atoms with van der Waals surface area (Å²) >= 11 is 0. The summed E-state index contributed by atoms with van der Waals surface area (Å²) in [6.07, 6.45) is -0.835. The van der Waals surface area contributed by atoms with Crippen LogP contribution >= 0.6 is 0 Å². The summed E-state index contributed by atoms with van der Waals surface area (Å²) in [7, 11) is 0. The highest BCUT2D eigenvalue weighted by atomic mass is 19.4. The molecule has 1 aromatic heterocycles. The summed E-state index contributed by atoms with van der Waals surface area (Å²) in [5.74, 6) is -2.17. The minimum atomic E-state index is -5.08. The second-order valence-corrected chi connectivity index (χ2v) is 9.12. The van der Waals surface area contributed by atoms with E-state index in [0.29, 0.717) is 25.9 Å². The van der Waals surface area contributed by atoms with Gasteiger partial charge in [-0.3, -0.25) is 9.78 Å². The van der Waals surface area contributed by atoms with Crippen LogP contribution < -0.4 is 10.1 Å². The number of ether oxygens (including phenoxy) is 2. The minimum absolute atomic E-state index is 0.0345. The number of benzene rings is 1. The molecule has 0 spiro atoms. The number of piperidine rings is 1. The van der Waals surface area contributed by atoms with Crippen LogP contribution in [0.3, 0.4) is 0 Å². The van der Waals surface area contributed by atoms with Gasteiger partial charge < -0.3 is 24.8 Å². The van der Waals surface area contributed by atoms with Crippen molar-refractivity contribution in [2.75, 3.05) is 13.1 Å². The molecule has 1 aliphatic rings. The van der Waals surface area contributed by atoms with E-state index in [0.717, 1.165) is 11.3 Å². The Morgan fingerprint density at radius 3 is 2.14 bits per heavy atom. The van der Waals surface area contributed by atoms with E-state index in [4.69, 9.17) is 19.4 Å². The van der Waals surface area contributed by atoms with Crippen molar-refractivity contribution in [3.8, 4) is 5.75 Å². The predicted molar refractivity (Wildman–Crippen MR) is 127 cm³/mol. The average Bonchev–Trinajstić information content (AvgIpc) is 2.82. The number of hydrogen-bond acceptors (Lipinski definition) is 6. The quantitative estimate of drug-likeness (QED) is 0.596. The molecule has 2 heterocycles. The second-order valence-electron chi connectivity index (χ2n) is 9.12. The Hall–Kier alpha value is -3.83. The van der Waals surface area contributed by atoms with Crippen LogP contribution in [0.5, 0.6) is 5.75 Å². The standard InChI is InChI=1S/C23H29N3O4.C2HF3O2/c1-23(2,3)30-22(28)25-20(17-8-5-4-6-9-17)21(27)26-14-11-18(12-15-26)29-19-10-7-13-24-16-19;3-2(4,5)1(6)7/h4-10,13,16,18,20H,11-12,14-15H2,1-3H3,(H,25,28);(H,6,7)/t20-;/m0./s1. The number of alkyl carbamates (subject to hydrolysis) is 1. The van der Waals surface area contributed by atoms with E-state index in [9.17, 15) is 22.8 Å². The Morgan fingerprint density at radius 1 is 1.05 bits per heavy atom. The molecule has 0 unspecified atom stereocenters. The van der Waals surface area contributed by atoms with Gasteiger partial charge in [0.05, 0.1) is 6.20 Å². The van der Waals surface area contributed by atoms with Crippen molar-refractivity contribution in [1.82, 2.24) is 15.2 Å². The summed E-state index contributed by atoms with van der Waals surface area (Å²) in [6.45, 7) is 6.49. The Labute approximate surface area is 212 Å². The van der Waals surface area contributed by atoms with Crippen molar-refractivity contribution in [1.29, 1.82) is 0 Å². The molecule has 37 heavy (non-hydrogen) atoms. The van der Waals surface area contributed by atoms with Gasteiger partial charge in [-0.25, -0.2) is 9.59 Å². The first kappa shape index (κ1) is 29.4. The maximum absolute atomic E-state index is 13.3. The van der Waals surface area contributed by atoms with Crippen molar-refractivity contribution in [3.05, 3.63) is 60.4 Å². The third kappa shape index (κ3) is 10.4. The highest BCUT2D eigenvalue weighted by Crippen LogP contribution is 2.22. The molecule has 1 atom stereocenters. The van der Waals surface area contributed by atoms with Crippen molar-refractivity contribution in [2.24, 2.45) is 0 Å². The number of rotatable bonds is 5. The van der Waals surface area contributed by atoms with Crippen LogP contribution in [0.25, 0.3) is 0 Å². The van der Waals surface area contributed by atoms with E-state index in [2.05, 4.69) is 10.3 Å². The molecule has 1 saturated heterocycles. The van der Waals surface area contributed by atoms with Gasteiger partial charge >= 0.3 is 18.2 Å².